The molecule has 19 heavy (non-hydrogen) atoms. The summed E-state index contributed by atoms with van der Waals surface area (Å²) in [6.45, 7) is 4.40. The molecule has 0 saturated carbocycles. The average Bonchev–Trinajstić information content (AvgIpc) is 2.69. The van der Waals surface area contributed by atoms with Crippen LogP contribution in [0, 0.1) is 5.92 Å². The van der Waals surface area contributed by atoms with Gasteiger partial charge in [0, 0.05) is 18.7 Å². The van der Waals surface area contributed by atoms with Crippen molar-refractivity contribution in [1.29, 1.82) is 0 Å². The Balaban J connectivity index is 2.36. The number of nitrogens with one attached hydrogen (secondary N) is 1. The lowest BCUT2D eigenvalue weighted by Gasteiger charge is -2.01. The van der Waals surface area contributed by atoms with Gasteiger partial charge in [0.1, 0.15) is 9.84 Å². The first-order chi connectivity index (χ1) is 8.76. The average molecular weight is 288 g/mol. The molecule has 1 heterocycles. The third-order valence-corrected chi connectivity index (χ3v) is 3.33. The standard InChI is InChI=1S/C12H20N2O4S/c1-9(2)6-10-7-11(18-14-10)8-13-12(15)4-5-19(3,16)17/h7,9H,4-6,8H2,1-3H3,(H,13,15). The predicted octanol–water partition coefficient (Wildman–Crippen LogP) is 0.924. The van der Waals surface area contributed by atoms with Crippen molar-refractivity contribution in [2.75, 3.05) is 12.0 Å². The van der Waals surface area contributed by atoms with Crippen molar-refractivity contribution in [1.82, 2.24) is 10.5 Å². The van der Waals surface area contributed by atoms with E-state index in [0.29, 0.717) is 11.7 Å². The zero-order valence-corrected chi connectivity index (χ0v) is 12.3. The summed E-state index contributed by atoms with van der Waals surface area (Å²) in [7, 11) is -3.11. The molecule has 108 valence electrons. The van der Waals surface area contributed by atoms with Gasteiger partial charge < -0.3 is 9.84 Å². The third kappa shape index (κ3) is 6.95. The van der Waals surface area contributed by atoms with Crippen LogP contribution in [0.15, 0.2) is 10.6 Å². The minimum absolute atomic E-state index is 0.0359. The fourth-order valence-corrected chi connectivity index (χ4v) is 2.06. The van der Waals surface area contributed by atoms with E-state index in [4.69, 9.17) is 4.52 Å². The Hall–Kier alpha value is -1.37. The number of hydrogen-bond donors (Lipinski definition) is 1. The van der Waals surface area contributed by atoms with Crippen LogP contribution in [0.3, 0.4) is 0 Å². The van der Waals surface area contributed by atoms with Gasteiger partial charge in [-0.2, -0.15) is 0 Å². The van der Waals surface area contributed by atoms with E-state index in [9.17, 15) is 13.2 Å². The van der Waals surface area contributed by atoms with E-state index in [2.05, 4.69) is 24.3 Å². The lowest BCUT2D eigenvalue weighted by atomic mass is 10.1. The summed E-state index contributed by atoms with van der Waals surface area (Å²) >= 11 is 0. The molecular formula is C12H20N2O4S. The highest BCUT2D eigenvalue weighted by atomic mass is 32.2. The molecular weight excluding hydrogens is 268 g/mol. The van der Waals surface area contributed by atoms with Gasteiger partial charge in [-0.15, -0.1) is 0 Å². The van der Waals surface area contributed by atoms with Crippen molar-refractivity contribution in [3.05, 3.63) is 17.5 Å². The van der Waals surface area contributed by atoms with Gasteiger partial charge in [0.25, 0.3) is 0 Å². The normalized spacial score (nSPS) is 11.8. The maximum Gasteiger partial charge on any atom is 0.221 e. The number of amides is 1. The van der Waals surface area contributed by atoms with Crippen molar-refractivity contribution < 1.29 is 17.7 Å². The van der Waals surface area contributed by atoms with Gasteiger partial charge >= 0.3 is 0 Å². The lowest BCUT2D eigenvalue weighted by Crippen LogP contribution is -2.24. The highest BCUT2D eigenvalue weighted by molar-refractivity contribution is 7.90. The topological polar surface area (TPSA) is 89.3 Å². The van der Waals surface area contributed by atoms with E-state index in [1.165, 1.54) is 0 Å². The van der Waals surface area contributed by atoms with Crippen LogP contribution < -0.4 is 5.32 Å². The first kappa shape index (κ1) is 15.7. The monoisotopic (exact) mass is 288 g/mol. The third-order valence-electron chi connectivity index (χ3n) is 2.38. The molecule has 0 aliphatic heterocycles. The van der Waals surface area contributed by atoms with E-state index in [1.807, 2.05) is 0 Å². The second kappa shape index (κ2) is 6.70. The molecule has 0 aliphatic rings. The maximum absolute atomic E-state index is 11.4. The summed E-state index contributed by atoms with van der Waals surface area (Å²) in [6.07, 6.45) is 1.90. The quantitative estimate of drug-likeness (QED) is 0.806. The Kier molecular flexibility index (Phi) is 5.53. The van der Waals surface area contributed by atoms with Crippen LogP contribution >= 0.6 is 0 Å². The molecule has 1 aromatic heterocycles. The van der Waals surface area contributed by atoms with Gasteiger partial charge in [-0.25, -0.2) is 8.42 Å². The van der Waals surface area contributed by atoms with Crippen molar-refractivity contribution in [3.63, 3.8) is 0 Å². The fraction of sp³-hybridized carbons (Fsp3) is 0.667. The van der Waals surface area contributed by atoms with Gasteiger partial charge in [0.2, 0.25) is 5.91 Å². The molecule has 6 nitrogen and oxygen atoms in total. The molecule has 7 heteroatoms. The number of carbonyl (C=O) groups excluding carboxylic acids is 1. The largest absolute Gasteiger partial charge is 0.359 e. The SMILES string of the molecule is CC(C)Cc1cc(CNC(=O)CCS(C)(=O)=O)on1. The Morgan fingerprint density at radius 2 is 2.16 bits per heavy atom. The summed E-state index contributed by atoms with van der Waals surface area (Å²) in [5, 5.41) is 6.50. The Morgan fingerprint density at radius 1 is 1.47 bits per heavy atom. The van der Waals surface area contributed by atoms with Crippen LogP contribution in [-0.4, -0.2) is 31.5 Å². The Bertz CT molecular complexity index is 520. The highest BCUT2D eigenvalue weighted by Gasteiger charge is 2.10. The van der Waals surface area contributed by atoms with E-state index in [-0.39, 0.29) is 24.6 Å². The molecule has 0 radical (unpaired) electrons. The van der Waals surface area contributed by atoms with Gasteiger partial charge in [0.05, 0.1) is 18.0 Å². The number of hydrogen-bond acceptors (Lipinski definition) is 5. The number of nitrogens with zero attached hydrogens (tertiary/aromatic N) is 1. The Labute approximate surface area is 113 Å². The molecule has 0 aliphatic carbocycles. The highest BCUT2D eigenvalue weighted by Crippen LogP contribution is 2.08. The van der Waals surface area contributed by atoms with Crippen molar-refractivity contribution in [3.8, 4) is 0 Å². The number of carbonyl (C=O) groups is 1. The van der Waals surface area contributed by atoms with E-state index in [0.717, 1.165) is 18.4 Å². The smallest absolute Gasteiger partial charge is 0.221 e. The van der Waals surface area contributed by atoms with Crippen LogP contribution in [0.1, 0.15) is 31.7 Å². The molecule has 0 bridgehead atoms. The summed E-state index contributed by atoms with van der Waals surface area (Å²) < 4.78 is 26.9. The maximum atomic E-state index is 11.4. The summed E-state index contributed by atoms with van der Waals surface area (Å²) in [5.74, 6) is 0.603. The Morgan fingerprint density at radius 3 is 2.74 bits per heavy atom. The molecule has 1 aromatic rings. The van der Waals surface area contributed by atoms with Crippen molar-refractivity contribution in [2.45, 2.75) is 33.2 Å². The second-order valence-corrected chi connectivity index (χ2v) is 7.30. The van der Waals surface area contributed by atoms with Crippen LogP contribution in [0.2, 0.25) is 0 Å². The number of aromatic nitrogens is 1. The molecule has 0 aromatic carbocycles. The van der Waals surface area contributed by atoms with Crippen LogP contribution in [0.5, 0.6) is 0 Å². The van der Waals surface area contributed by atoms with E-state index in [1.54, 1.807) is 6.07 Å². The number of sulfone groups is 1. The van der Waals surface area contributed by atoms with E-state index >= 15 is 0 Å². The molecule has 0 spiro atoms. The minimum Gasteiger partial charge on any atom is -0.359 e. The lowest BCUT2D eigenvalue weighted by molar-refractivity contribution is -0.120. The molecule has 1 amide bonds. The first-order valence-electron chi connectivity index (χ1n) is 6.15. The van der Waals surface area contributed by atoms with Gasteiger partial charge in [-0.1, -0.05) is 19.0 Å². The molecule has 0 saturated heterocycles. The van der Waals surface area contributed by atoms with Crippen molar-refractivity contribution >= 4 is 15.7 Å². The van der Waals surface area contributed by atoms with Gasteiger partial charge in [-0.05, 0) is 12.3 Å². The summed E-state index contributed by atoms with van der Waals surface area (Å²) in [4.78, 5) is 11.4. The first-order valence-corrected chi connectivity index (χ1v) is 8.21. The molecule has 1 N–H and O–H groups in total. The molecule has 0 fully saturated rings. The van der Waals surface area contributed by atoms with Crippen molar-refractivity contribution in [2.24, 2.45) is 5.92 Å². The van der Waals surface area contributed by atoms with Crippen LogP contribution in [0.4, 0.5) is 0 Å². The predicted molar refractivity (Wildman–Crippen MR) is 71.2 cm³/mol. The second-order valence-electron chi connectivity index (χ2n) is 5.04. The molecule has 0 atom stereocenters. The van der Waals surface area contributed by atoms with E-state index < -0.39 is 9.84 Å². The summed E-state index contributed by atoms with van der Waals surface area (Å²) in [6, 6.07) is 1.80. The van der Waals surface area contributed by atoms with Crippen LogP contribution in [0.25, 0.3) is 0 Å². The minimum atomic E-state index is -3.11. The summed E-state index contributed by atoms with van der Waals surface area (Å²) in [5.41, 5.74) is 0.857. The van der Waals surface area contributed by atoms with Gasteiger partial charge in [0.15, 0.2) is 5.76 Å². The molecule has 0 unspecified atom stereocenters. The molecule has 1 rings (SSSR count). The van der Waals surface area contributed by atoms with Gasteiger partial charge in [-0.3, -0.25) is 4.79 Å². The fourth-order valence-electron chi connectivity index (χ4n) is 1.51. The zero-order chi connectivity index (χ0) is 14.5. The number of rotatable bonds is 7. The zero-order valence-electron chi connectivity index (χ0n) is 11.5. The van der Waals surface area contributed by atoms with Crippen LogP contribution in [-0.2, 0) is 27.6 Å².